The van der Waals surface area contributed by atoms with Crippen molar-refractivity contribution >= 4 is 11.8 Å². The largest absolute Gasteiger partial charge is 0.392 e. The van der Waals surface area contributed by atoms with Gasteiger partial charge in [0.25, 0.3) is 0 Å². The van der Waals surface area contributed by atoms with Crippen molar-refractivity contribution in [2.24, 2.45) is 5.92 Å². The number of thioether (sulfide) groups is 1. The Labute approximate surface area is 108 Å². The molecule has 17 heavy (non-hydrogen) atoms. The standard InChI is InChI=1S/C14H22O2S/c1-12(2)6-7-16-8-9-17-14-5-3-4-13(10-14)11-15/h3-5,10,12,15H,6-9,11H2,1-2H3. The average molecular weight is 254 g/mol. The van der Waals surface area contributed by atoms with Crippen LogP contribution < -0.4 is 0 Å². The maximum Gasteiger partial charge on any atom is 0.0682 e. The number of aliphatic hydroxyl groups excluding tert-OH is 1. The molecule has 0 saturated carbocycles. The van der Waals surface area contributed by atoms with E-state index >= 15 is 0 Å². The summed E-state index contributed by atoms with van der Waals surface area (Å²) in [5.41, 5.74) is 0.968. The number of aliphatic hydroxyl groups is 1. The average Bonchev–Trinajstić information content (AvgIpc) is 2.33. The maximum atomic E-state index is 9.02. The van der Waals surface area contributed by atoms with Crippen LogP contribution in [-0.2, 0) is 11.3 Å². The van der Waals surface area contributed by atoms with Gasteiger partial charge in [0.2, 0.25) is 0 Å². The third-order valence-electron chi connectivity index (χ3n) is 2.42. The second kappa shape index (κ2) is 8.56. The molecule has 0 spiro atoms. The zero-order valence-electron chi connectivity index (χ0n) is 10.7. The summed E-state index contributed by atoms with van der Waals surface area (Å²) in [5, 5.41) is 9.02. The molecule has 3 heteroatoms. The zero-order valence-corrected chi connectivity index (χ0v) is 11.5. The van der Waals surface area contributed by atoms with Gasteiger partial charge >= 0.3 is 0 Å². The van der Waals surface area contributed by atoms with Crippen molar-refractivity contribution in [3.05, 3.63) is 29.8 Å². The van der Waals surface area contributed by atoms with Gasteiger partial charge in [0.15, 0.2) is 0 Å². The molecule has 0 fully saturated rings. The highest BCUT2D eigenvalue weighted by atomic mass is 32.2. The van der Waals surface area contributed by atoms with Crippen molar-refractivity contribution < 1.29 is 9.84 Å². The molecule has 0 atom stereocenters. The van der Waals surface area contributed by atoms with E-state index in [1.54, 1.807) is 11.8 Å². The molecule has 1 aromatic carbocycles. The van der Waals surface area contributed by atoms with Crippen LogP contribution in [0, 0.1) is 5.92 Å². The first-order chi connectivity index (χ1) is 8.22. The van der Waals surface area contributed by atoms with Crippen LogP contribution in [0.3, 0.4) is 0 Å². The van der Waals surface area contributed by atoms with Gasteiger partial charge in [-0.15, -0.1) is 11.8 Å². The van der Waals surface area contributed by atoms with E-state index in [2.05, 4.69) is 19.9 Å². The van der Waals surface area contributed by atoms with E-state index in [9.17, 15) is 0 Å². The minimum absolute atomic E-state index is 0.110. The predicted octanol–water partition coefficient (Wildman–Crippen LogP) is 3.33. The fourth-order valence-corrected chi connectivity index (χ4v) is 2.22. The van der Waals surface area contributed by atoms with Gasteiger partial charge < -0.3 is 9.84 Å². The van der Waals surface area contributed by atoms with E-state index in [-0.39, 0.29) is 6.61 Å². The molecule has 0 amide bonds. The van der Waals surface area contributed by atoms with Gasteiger partial charge in [0.05, 0.1) is 13.2 Å². The molecule has 0 radical (unpaired) electrons. The number of hydrogen-bond donors (Lipinski definition) is 1. The quantitative estimate of drug-likeness (QED) is 0.570. The lowest BCUT2D eigenvalue weighted by molar-refractivity contribution is 0.138. The molecular formula is C14H22O2S. The van der Waals surface area contributed by atoms with Crippen LogP contribution in [0.1, 0.15) is 25.8 Å². The Morgan fingerprint density at radius 1 is 1.29 bits per heavy atom. The molecule has 1 aromatic rings. The van der Waals surface area contributed by atoms with Gasteiger partial charge in [-0.2, -0.15) is 0 Å². The van der Waals surface area contributed by atoms with Crippen molar-refractivity contribution in [2.75, 3.05) is 19.0 Å². The van der Waals surface area contributed by atoms with Gasteiger partial charge in [-0.3, -0.25) is 0 Å². The molecule has 0 aliphatic rings. The Kier molecular flexibility index (Phi) is 7.33. The smallest absolute Gasteiger partial charge is 0.0682 e. The topological polar surface area (TPSA) is 29.5 Å². The number of ether oxygens (including phenoxy) is 1. The Balaban J connectivity index is 2.13. The molecule has 0 aromatic heterocycles. The van der Waals surface area contributed by atoms with Crippen LogP contribution in [0.2, 0.25) is 0 Å². The monoisotopic (exact) mass is 254 g/mol. The first-order valence-electron chi connectivity index (χ1n) is 6.12. The van der Waals surface area contributed by atoms with Crippen molar-refractivity contribution in [1.29, 1.82) is 0 Å². The highest BCUT2D eigenvalue weighted by Crippen LogP contribution is 2.18. The Hall–Kier alpha value is -0.510. The SMILES string of the molecule is CC(C)CCOCCSc1cccc(CO)c1. The lowest BCUT2D eigenvalue weighted by atomic mass is 10.1. The summed E-state index contributed by atoms with van der Waals surface area (Å²) in [4.78, 5) is 1.20. The van der Waals surface area contributed by atoms with Crippen molar-refractivity contribution in [3.8, 4) is 0 Å². The van der Waals surface area contributed by atoms with E-state index in [0.29, 0.717) is 5.92 Å². The van der Waals surface area contributed by atoms with E-state index in [4.69, 9.17) is 9.84 Å². The third-order valence-corrected chi connectivity index (χ3v) is 3.38. The molecule has 1 rings (SSSR count). The predicted molar refractivity (Wildman–Crippen MR) is 73.4 cm³/mol. The molecule has 0 unspecified atom stereocenters. The fourth-order valence-electron chi connectivity index (χ4n) is 1.37. The van der Waals surface area contributed by atoms with Gasteiger partial charge in [-0.05, 0) is 30.0 Å². The van der Waals surface area contributed by atoms with Crippen molar-refractivity contribution in [3.63, 3.8) is 0 Å². The lowest BCUT2D eigenvalue weighted by Crippen LogP contribution is -2.02. The molecule has 1 N–H and O–H groups in total. The van der Waals surface area contributed by atoms with E-state index < -0.39 is 0 Å². The van der Waals surface area contributed by atoms with Crippen LogP contribution in [0.5, 0.6) is 0 Å². The van der Waals surface area contributed by atoms with E-state index in [1.807, 2.05) is 18.2 Å². The number of rotatable bonds is 8. The number of hydrogen-bond acceptors (Lipinski definition) is 3. The molecule has 0 aliphatic heterocycles. The number of benzene rings is 1. The zero-order chi connectivity index (χ0) is 12.5. The minimum atomic E-state index is 0.110. The highest BCUT2D eigenvalue weighted by molar-refractivity contribution is 7.99. The fraction of sp³-hybridized carbons (Fsp3) is 0.571. The third kappa shape index (κ3) is 6.71. The summed E-state index contributed by atoms with van der Waals surface area (Å²) in [5.74, 6) is 1.68. The summed E-state index contributed by atoms with van der Waals surface area (Å²) in [6.07, 6.45) is 1.13. The highest BCUT2D eigenvalue weighted by Gasteiger charge is 1.97. The molecule has 0 heterocycles. The Morgan fingerprint density at radius 3 is 2.82 bits per heavy atom. The first kappa shape index (κ1) is 14.6. The summed E-state index contributed by atoms with van der Waals surface area (Å²) < 4.78 is 5.55. The summed E-state index contributed by atoms with van der Waals surface area (Å²) in [7, 11) is 0. The van der Waals surface area contributed by atoms with Crippen LogP contribution in [-0.4, -0.2) is 24.1 Å². The molecule has 96 valence electrons. The van der Waals surface area contributed by atoms with Crippen molar-refractivity contribution in [2.45, 2.75) is 31.8 Å². The van der Waals surface area contributed by atoms with Crippen LogP contribution in [0.25, 0.3) is 0 Å². The normalized spacial score (nSPS) is 11.1. The Morgan fingerprint density at radius 2 is 2.12 bits per heavy atom. The molecule has 0 aliphatic carbocycles. The minimum Gasteiger partial charge on any atom is -0.392 e. The van der Waals surface area contributed by atoms with E-state index in [1.165, 1.54) is 4.90 Å². The Bertz CT molecular complexity index is 313. The molecule has 0 bridgehead atoms. The molecule has 0 saturated heterocycles. The first-order valence-corrected chi connectivity index (χ1v) is 7.11. The maximum absolute atomic E-state index is 9.02. The molecular weight excluding hydrogens is 232 g/mol. The summed E-state index contributed by atoms with van der Waals surface area (Å²) in [6, 6.07) is 8.01. The van der Waals surface area contributed by atoms with Crippen LogP contribution >= 0.6 is 11.8 Å². The molecule has 2 nitrogen and oxygen atoms in total. The van der Waals surface area contributed by atoms with Gasteiger partial charge in [-0.1, -0.05) is 26.0 Å². The second-order valence-corrected chi connectivity index (χ2v) is 5.62. The van der Waals surface area contributed by atoms with Crippen LogP contribution in [0.4, 0.5) is 0 Å². The summed E-state index contributed by atoms with van der Waals surface area (Å²) >= 11 is 1.77. The summed E-state index contributed by atoms with van der Waals surface area (Å²) in [6.45, 7) is 6.17. The lowest BCUT2D eigenvalue weighted by Gasteiger charge is -2.06. The van der Waals surface area contributed by atoms with Crippen molar-refractivity contribution in [1.82, 2.24) is 0 Å². The van der Waals surface area contributed by atoms with E-state index in [0.717, 1.165) is 31.0 Å². The van der Waals surface area contributed by atoms with Gasteiger partial charge in [0.1, 0.15) is 0 Å². The van der Waals surface area contributed by atoms with Gasteiger partial charge in [-0.25, -0.2) is 0 Å². The second-order valence-electron chi connectivity index (χ2n) is 4.45. The van der Waals surface area contributed by atoms with Gasteiger partial charge in [0, 0.05) is 17.3 Å². The van der Waals surface area contributed by atoms with Crippen LogP contribution in [0.15, 0.2) is 29.2 Å².